The van der Waals surface area contributed by atoms with Gasteiger partial charge in [0.15, 0.2) is 0 Å². The van der Waals surface area contributed by atoms with Gasteiger partial charge in [0.05, 0.1) is 11.4 Å². The Balaban J connectivity index is 2.28. The Hall–Kier alpha value is -2.24. The van der Waals surface area contributed by atoms with Crippen LogP contribution in [-0.4, -0.2) is 55.2 Å². The Bertz CT molecular complexity index is 532. The largest absolute Gasteiger partial charge is 0.480 e. The van der Waals surface area contributed by atoms with Gasteiger partial charge >= 0.3 is 12.0 Å². The standard InChI is InChI=1S/C14H19N3O3/c1-10(13(18)19)16(3)14(20)17-9-8-15(2)11-6-4-5-7-12(11)17/h4-7,10H,8-9H2,1-3H3,(H,18,19). The molecule has 0 saturated carbocycles. The van der Waals surface area contributed by atoms with Crippen molar-refractivity contribution in [1.29, 1.82) is 0 Å². The number of para-hydroxylation sites is 2. The highest BCUT2D eigenvalue weighted by atomic mass is 16.4. The molecule has 1 aromatic carbocycles. The molecule has 1 aliphatic rings. The van der Waals surface area contributed by atoms with Gasteiger partial charge in [-0.05, 0) is 19.1 Å². The molecule has 6 heteroatoms. The van der Waals surface area contributed by atoms with Gasteiger partial charge in [0, 0.05) is 27.2 Å². The number of likely N-dealkylation sites (N-methyl/N-ethyl adjacent to an activating group) is 2. The Labute approximate surface area is 118 Å². The Morgan fingerprint density at radius 2 is 1.85 bits per heavy atom. The van der Waals surface area contributed by atoms with E-state index in [1.54, 1.807) is 4.90 Å². The van der Waals surface area contributed by atoms with Crippen LogP contribution in [0.2, 0.25) is 0 Å². The maximum absolute atomic E-state index is 12.5. The van der Waals surface area contributed by atoms with E-state index < -0.39 is 12.0 Å². The number of fused-ring (bicyclic) bond motifs is 1. The number of carbonyl (C=O) groups is 2. The Morgan fingerprint density at radius 3 is 2.45 bits per heavy atom. The summed E-state index contributed by atoms with van der Waals surface area (Å²) in [5, 5.41) is 9.02. The number of carbonyl (C=O) groups excluding carboxylic acids is 1. The van der Waals surface area contributed by atoms with E-state index in [0.29, 0.717) is 6.54 Å². The van der Waals surface area contributed by atoms with Crippen molar-refractivity contribution in [2.75, 3.05) is 37.0 Å². The van der Waals surface area contributed by atoms with Crippen LogP contribution in [0.3, 0.4) is 0 Å². The van der Waals surface area contributed by atoms with E-state index in [1.165, 1.54) is 18.9 Å². The number of carboxylic acids is 1. The summed E-state index contributed by atoms with van der Waals surface area (Å²) in [6.45, 7) is 2.77. The van der Waals surface area contributed by atoms with E-state index in [1.807, 2.05) is 31.3 Å². The third kappa shape index (κ3) is 2.41. The highest BCUT2D eigenvalue weighted by Gasteiger charge is 2.30. The molecule has 1 unspecified atom stereocenters. The lowest BCUT2D eigenvalue weighted by molar-refractivity contribution is -0.141. The SMILES string of the molecule is CC(C(=O)O)N(C)C(=O)N1CCN(C)c2ccccc21. The number of rotatable bonds is 2. The lowest BCUT2D eigenvalue weighted by Crippen LogP contribution is -2.51. The molecular weight excluding hydrogens is 258 g/mol. The molecule has 0 saturated heterocycles. The van der Waals surface area contributed by atoms with Crippen LogP contribution in [0.5, 0.6) is 0 Å². The number of anilines is 2. The minimum Gasteiger partial charge on any atom is -0.480 e. The first-order valence-electron chi connectivity index (χ1n) is 6.50. The van der Waals surface area contributed by atoms with Crippen LogP contribution in [0.25, 0.3) is 0 Å². The molecule has 0 spiro atoms. The van der Waals surface area contributed by atoms with Crippen LogP contribution in [0.15, 0.2) is 24.3 Å². The van der Waals surface area contributed by atoms with Gasteiger partial charge in [-0.15, -0.1) is 0 Å². The molecule has 0 bridgehead atoms. The lowest BCUT2D eigenvalue weighted by atomic mass is 10.2. The zero-order valence-corrected chi connectivity index (χ0v) is 11.9. The molecule has 1 heterocycles. The first-order chi connectivity index (χ1) is 9.43. The Morgan fingerprint density at radius 1 is 1.25 bits per heavy atom. The summed E-state index contributed by atoms with van der Waals surface area (Å²) in [4.78, 5) is 28.5. The van der Waals surface area contributed by atoms with E-state index in [-0.39, 0.29) is 6.03 Å². The summed E-state index contributed by atoms with van der Waals surface area (Å²) in [5.41, 5.74) is 1.79. The van der Waals surface area contributed by atoms with Crippen molar-refractivity contribution in [2.24, 2.45) is 0 Å². The number of amides is 2. The average Bonchev–Trinajstić information content (AvgIpc) is 2.45. The maximum atomic E-state index is 12.5. The summed E-state index contributed by atoms with van der Waals surface area (Å²) in [7, 11) is 3.49. The van der Waals surface area contributed by atoms with Crippen molar-refractivity contribution in [1.82, 2.24) is 4.90 Å². The number of hydrogen-bond acceptors (Lipinski definition) is 3. The van der Waals surface area contributed by atoms with Gasteiger partial charge in [0.2, 0.25) is 0 Å². The summed E-state index contributed by atoms with van der Waals surface area (Å²) >= 11 is 0. The molecule has 0 aromatic heterocycles. The fourth-order valence-corrected chi connectivity index (χ4v) is 2.23. The maximum Gasteiger partial charge on any atom is 0.326 e. The van der Waals surface area contributed by atoms with Crippen molar-refractivity contribution in [3.8, 4) is 0 Å². The third-order valence-electron chi connectivity index (χ3n) is 3.71. The van der Waals surface area contributed by atoms with Crippen molar-refractivity contribution in [3.05, 3.63) is 24.3 Å². The fraction of sp³-hybridized carbons (Fsp3) is 0.429. The summed E-state index contributed by atoms with van der Waals surface area (Å²) < 4.78 is 0. The average molecular weight is 277 g/mol. The molecule has 2 amide bonds. The van der Waals surface area contributed by atoms with Gasteiger partial charge < -0.3 is 14.9 Å². The summed E-state index contributed by atoms with van der Waals surface area (Å²) in [5.74, 6) is -1.01. The molecule has 1 aromatic rings. The zero-order chi connectivity index (χ0) is 14.9. The normalized spacial score (nSPS) is 15.6. The second-order valence-corrected chi connectivity index (χ2v) is 4.97. The molecule has 0 aliphatic carbocycles. The number of nitrogens with zero attached hydrogens (tertiary/aromatic N) is 3. The topological polar surface area (TPSA) is 64.1 Å². The van der Waals surface area contributed by atoms with Crippen LogP contribution >= 0.6 is 0 Å². The quantitative estimate of drug-likeness (QED) is 0.889. The molecule has 108 valence electrons. The van der Waals surface area contributed by atoms with Gasteiger partial charge in [-0.25, -0.2) is 9.59 Å². The lowest BCUT2D eigenvalue weighted by Gasteiger charge is -2.38. The first-order valence-corrected chi connectivity index (χ1v) is 6.50. The predicted molar refractivity (Wildman–Crippen MR) is 77.3 cm³/mol. The number of aliphatic carboxylic acids is 1. The van der Waals surface area contributed by atoms with E-state index in [2.05, 4.69) is 4.90 Å². The highest BCUT2D eigenvalue weighted by molar-refractivity contribution is 5.98. The second-order valence-electron chi connectivity index (χ2n) is 4.97. The summed E-state index contributed by atoms with van der Waals surface area (Å²) in [6.07, 6.45) is 0. The highest BCUT2D eigenvalue weighted by Crippen LogP contribution is 2.32. The first kappa shape index (κ1) is 14.2. The van der Waals surface area contributed by atoms with Crippen LogP contribution < -0.4 is 9.80 Å². The smallest absolute Gasteiger partial charge is 0.326 e. The molecule has 2 rings (SSSR count). The van der Waals surface area contributed by atoms with Gasteiger partial charge in [-0.1, -0.05) is 12.1 Å². The van der Waals surface area contributed by atoms with Gasteiger partial charge in [0.1, 0.15) is 6.04 Å². The van der Waals surface area contributed by atoms with E-state index in [0.717, 1.165) is 17.9 Å². The zero-order valence-electron chi connectivity index (χ0n) is 11.9. The van der Waals surface area contributed by atoms with Crippen molar-refractivity contribution < 1.29 is 14.7 Å². The molecule has 6 nitrogen and oxygen atoms in total. The number of urea groups is 1. The number of hydrogen-bond donors (Lipinski definition) is 1. The van der Waals surface area contributed by atoms with E-state index in [4.69, 9.17) is 5.11 Å². The van der Waals surface area contributed by atoms with Gasteiger partial charge in [0.25, 0.3) is 0 Å². The minimum absolute atomic E-state index is 0.291. The van der Waals surface area contributed by atoms with E-state index in [9.17, 15) is 9.59 Å². The number of benzene rings is 1. The minimum atomic E-state index is -1.01. The van der Waals surface area contributed by atoms with Crippen LogP contribution in [0, 0.1) is 0 Å². The molecule has 0 fully saturated rings. The van der Waals surface area contributed by atoms with Crippen molar-refractivity contribution >= 4 is 23.4 Å². The second kappa shape index (κ2) is 5.40. The fourth-order valence-electron chi connectivity index (χ4n) is 2.23. The molecule has 0 radical (unpaired) electrons. The molecular formula is C14H19N3O3. The van der Waals surface area contributed by atoms with Crippen LogP contribution in [-0.2, 0) is 4.79 Å². The monoisotopic (exact) mass is 277 g/mol. The molecule has 1 atom stereocenters. The van der Waals surface area contributed by atoms with Gasteiger partial charge in [-0.3, -0.25) is 4.90 Å². The van der Waals surface area contributed by atoms with Gasteiger partial charge in [-0.2, -0.15) is 0 Å². The van der Waals surface area contributed by atoms with Crippen LogP contribution in [0.4, 0.5) is 16.2 Å². The van der Waals surface area contributed by atoms with E-state index >= 15 is 0 Å². The predicted octanol–water partition coefficient (Wildman–Crippen LogP) is 1.47. The van der Waals surface area contributed by atoms with Crippen LogP contribution in [0.1, 0.15) is 6.92 Å². The number of carboxylic acid groups (broad SMARTS) is 1. The van der Waals surface area contributed by atoms with Crippen molar-refractivity contribution in [2.45, 2.75) is 13.0 Å². The molecule has 1 aliphatic heterocycles. The summed E-state index contributed by atoms with van der Waals surface area (Å²) in [6, 6.07) is 6.48. The molecule has 1 N–H and O–H groups in total. The Kier molecular flexibility index (Phi) is 3.83. The molecule has 20 heavy (non-hydrogen) atoms. The van der Waals surface area contributed by atoms with Crippen molar-refractivity contribution in [3.63, 3.8) is 0 Å². The third-order valence-corrected chi connectivity index (χ3v) is 3.71.